The van der Waals surface area contributed by atoms with E-state index in [4.69, 9.17) is 14.2 Å². The van der Waals surface area contributed by atoms with Gasteiger partial charge >= 0.3 is 17.9 Å². The number of unbranched alkanes of at least 4 members (excludes halogenated alkanes) is 26. The molecule has 0 aliphatic carbocycles. The van der Waals surface area contributed by atoms with Gasteiger partial charge in [0.2, 0.25) is 0 Å². The number of esters is 2. The minimum absolute atomic E-state index is 0.0539. The highest BCUT2D eigenvalue weighted by Gasteiger charge is 2.31. The summed E-state index contributed by atoms with van der Waals surface area (Å²) in [5.74, 6) is -1.47. The fraction of sp³-hybridized carbons (Fsp3) is 0.780. The SMILES string of the molecule is CC/C=C/C/C=C/CCCCCCCCCCCCCCCCC(=O)OC(COCCC(C(=O)O)[N+](C)(C)C)COC(=O)CCCCCCCCCCC/C=C/C/C=C/C/C=C/CCCCC. The van der Waals surface area contributed by atoms with E-state index in [2.05, 4.69) is 74.6 Å². The molecule has 0 fully saturated rings. The Labute approximate surface area is 413 Å². The zero-order valence-corrected chi connectivity index (χ0v) is 44.3. The van der Waals surface area contributed by atoms with Crippen LogP contribution < -0.4 is 0 Å². The number of quaternary nitrogens is 1. The average molecular weight is 941 g/mol. The molecule has 0 rings (SSSR count). The Balaban J connectivity index is 4.19. The van der Waals surface area contributed by atoms with Crippen molar-refractivity contribution in [1.29, 1.82) is 0 Å². The fourth-order valence-corrected chi connectivity index (χ4v) is 8.14. The van der Waals surface area contributed by atoms with Crippen LogP contribution in [0.3, 0.4) is 0 Å². The lowest BCUT2D eigenvalue weighted by Crippen LogP contribution is -2.50. The smallest absolute Gasteiger partial charge is 0.362 e. The van der Waals surface area contributed by atoms with E-state index in [-0.39, 0.29) is 36.2 Å². The van der Waals surface area contributed by atoms with Crippen LogP contribution in [-0.2, 0) is 28.6 Å². The number of carboxylic acids is 1. The Morgan fingerprint density at radius 3 is 1.24 bits per heavy atom. The maximum absolute atomic E-state index is 12.8. The number of hydrogen-bond donors (Lipinski definition) is 1. The molecule has 0 radical (unpaired) electrons. The first-order valence-electron chi connectivity index (χ1n) is 27.8. The Bertz CT molecular complexity index is 1280. The van der Waals surface area contributed by atoms with E-state index in [9.17, 15) is 19.5 Å². The normalized spacial score (nSPS) is 13.3. The standard InChI is InChI=1S/C59H105NO7/c1-6-8-10-12-14-16-18-20-22-24-26-28-30-31-33-35-37-39-41-43-45-47-49-57(61)66-54-55(53-65-52-51-56(59(63)64)60(3,4)5)67-58(62)50-48-46-44-42-40-38-36-34-32-29-27-25-23-21-19-17-15-13-11-9-7-2/h9,11,14-17,20,22,26,28,55-56H,6-8,10,12-13,18-19,21,23-25,27,29-54H2,1-5H3/p+1/b11-9+,16-14+,17-15+,22-20+,28-26+. The van der Waals surface area contributed by atoms with Crippen molar-refractivity contribution in [3.05, 3.63) is 60.8 Å². The molecule has 0 saturated carbocycles. The molecule has 8 heteroatoms. The van der Waals surface area contributed by atoms with Gasteiger partial charge in [-0.05, 0) is 77.0 Å². The second kappa shape index (κ2) is 49.5. The Morgan fingerprint density at radius 2 is 0.836 bits per heavy atom. The minimum atomic E-state index is -0.875. The monoisotopic (exact) mass is 941 g/mol. The number of likely N-dealkylation sites (N-methyl/N-ethyl adjacent to an activating group) is 1. The summed E-state index contributed by atoms with van der Waals surface area (Å²) in [6, 6.07) is -0.617. The van der Waals surface area contributed by atoms with Crippen LogP contribution in [0, 0.1) is 0 Å². The molecule has 1 N–H and O–H groups in total. The van der Waals surface area contributed by atoms with Gasteiger partial charge < -0.3 is 23.8 Å². The lowest BCUT2D eigenvalue weighted by molar-refractivity contribution is -0.887. The molecular weight excluding hydrogens is 835 g/mol. The topological polar surface area (TPSA) is 99.1 Å². The summed E-state index contributed by atoms with van der Waals surface area (Å²) in [6.45, 7) is 4.63. The Morgan fingerprint density at radius 1 is 0.463 bits per heavy atom. The van der Waals surface area contributed by atoms with Crippen LogP contribution in [0.1, 0.15) is 245 Å². The zero-order valence-electron chi connectivity index (χ0n) is 44.3. The van der Waals surface area contributed by atoms with E-state index in [1.54, 1.807) is 0 Å². The third-order valence-corrected chi connectivity index (χ3v) is 12.4. The van der Waals surface area contributed by atoms with Gasteiger partial charge in [-0.25, -0.2) is 4.79 Å². The molecule has 0 aromatic heterocycles. The predicted octanol–water partition coefficient (Wildman–Crippen LogP) is 16.5. The van der Waals surface area contributed by atoms with Crippen molar-refractivity contribution in [1.82, 2.24) is 0 Å². The summed E-state index contributed by atoms with van der Waals surface area (Å²) in [4.78, 5) is 37.3. The van der Waals surface area contributed by atoms with Gasteiger partial charge in [0.05, 0.1) is 34.4 Å². The van der Waals surface area contributed by atoms with Crippen LogP contribution in [0.5, 0.6) is 0 Å². The predicted molar refractivity (Wildman–Crippen MR) is 284 cm³/mol. The highest BCUT2D eigenvalue weighted by molar-refractivity contribution is 5.72. The maximum Gasteiger partial charge on any atom is 0.362 e. The molecule has 2 atom stereocenters. The van der Waals surface area contributed by atoms with Crippen molar-refractivity contribution in [2.75, 3.05) is 41.0 Å². The molecule has 0 heterocycles. The minimum Gasteiger partial charge on any atom is -0.477 e. The average Bonchev–Trinajstić information content (AvgIpc) is 3.29. The molecule has 0 aliphatic heterocycles. The Kier molecular flexibility index (Phi) is 47.3. The van der Waals surface area contributed by atoms with Crippen LogP contribution in [0.25, 0.3) is 0 Å². The second-order valence-corrected chi connectivity index (χ2v) is 19.8. The number of carbonyl (C=O) groups is 3. The third kappa shape index (κ3) is 47.9. The van der Waals surface area contributed by atoms with Gasteiger partial charge in [0, 0.05) is 19.3 Å². The quantitative estimate of drug-likeness (QED) is 0.0281. The van der Waals surface area contributed by atoms with E-state index in [1.807, 2.05) is 21.1 Å². The lowest BCUT2D eigenvalue weighted by Gasteiger charge is -2.31. The molecule has 8 nitrogen and oxygen atoms in total. The number of nitrogens with zero attached hydrogens (tertiary/aromatic N) is 1. The molecule has 388 valence electrons. The van der Waals surface area contributed by atoms with E-state index in [0.29, 0.717) is 19.3 Å². The molecule has 0 aromatic carbocycles. The lowest BCUT2D eigenvalue weighted by atomic mass is 10.0. The van der Waals surface area contributed by atoms with Crippen molar-refractivity contribution in [3.8, 4) is 0 Å². The molecular formula is C59H106NO7+. The van der Waals surface area contributed by atoms with Crippen molar-refractivity contribution in [2.24, 2.45) is 0 Å². The van der Waals surface area contributed by atoms with Gasteiger partial charge in [-0.2, -0.15) is 0 Å². The van der Waals surface area contributed by atoms with Gasteiger partial charge in [-0.15, -0.1) is 0 Å². The molecule has 2 unspecified atom stereocenters. The van der Waals surface area contributed by atoms with Gasteiger partial charge in [0.25, 0.3) is 0 Å². The molecule has 0 aromatic rings. The van der Waals surface area contributed by atoms with Gasteiger partial charge in [0.1, 0.15) is 6.61 Å². The first-order chi connectivity index (χ1) is 32.6. The number of allylic oxidation sites excluding steroid dienone is 10. The largest absolute Gasteiger partial charge is 0.477 e. The number of carbonyl (C=O) groups excluding carboxylic acids is 2. The summed E-state index contributed by atoms with van der Waals surface area (Å²) in [5.41, 5.74) is 0. The summed E-state index contributed by atoms with van der Waals surface area (Å²) in [7, 11) is 5.54. The molecule has 0 saturated heterocycles. The highest BCUT2D eigenvalue weighted by Crippen LogP contribution is 2.16. The van der Waals surface area contributed by atoms with E-state index in [1.165, 1.54) is 148 Å². The summed E-state index contributed by atoms with van der Waals surface area (Å²) < 4.78 is 17.4. The maximum atomic E-state index is 12.8. The van der Waals surface area contributed by atoms with Crippen LogP contribution in [0.15, 0.2) is 60.8 Å². The Hall–Kier alpha value is -2.97. The van der Waals surface area contributed by atoms with E-state index < -0.39 is 18.1 Å². The number of hydrogen-bond acceptors (Lipinski definition) is 6. The summed E-state index contributed by atoms with van der Waals surface area (Å²) >= 11 is 0. The molecule has 67 heavy (non-hydrogen) atoms. The van der Waals surface area contributed by atoms with Crippen molar-refractivity contribution in [3.63, 3.8) is 0 Å². The molecule has 0 spiro atoms. The van der Waals surface area contributed by atoms with Crippen LogP contribution >= 0.6 is 0 Å². The number of ether oxygens (including phenoxy) is 3. The van der Waals surface area contributed by atoms with E-state index >= 15 is 0 Å². The highest BCUT2D eigenvalue weighted by atomic mass is 16.6. The second-order valence-electron chi connectivity index (χ2n) is 19.8. The molecule has 0 bridgehead atoms. The van der Waals surface area contributed by atoms with Gasteiger partial charge in [0.15, 0.2) is 12.1 Å². The van der Waals surface area contributed by atoms with Gasteiger partial charge in [-0.1, -0.05) is 209 Å². The first-order valence-corrected chi connectivity index (χ1v) is 27.8. The van der Waals surface area contributed by atoms with E-state index in [0.717, 1.165) is 64.2 Å². The van der Waals surface area contributed by atoms with Crippen LogP contribution in [-0.4, -0.2) is 80.6 Å². The molecule has 0 aliphatic rings. The van der Waals surface area contributed by atoms with Crippen LogP contribution in [0.4, 0.5) is 0 Å². The number of aliphatic carboxylic acids is 1. The van der Waals surface area contributed by atoms with Crippen LogP contribution in [0.2, 0.25) is 0 Å². The van der Waals surface area contributed by atoms with Crippen molar-refractivity contribution in [2.45, 2.75) is 257 Å². The molecule has 0 amide bonds. The van der Waals surface area contributed by atoms with Crippen molar-refractivity contribution >= 4 is 17.9 Å². The first kappa shape index (κ1) is 64.0. The van der Waals surface area contributed by atoms with Gasteiger partial charge in [-0.3, -0.25) is 9.59 Å². The third-order valence-electron chi connectivity index (χ3n) is 12.4. The summed E-state index contributed by atoms with van der Waals surface area (Å²) in [5, 5.41) is 9.67. The van der Waals surface area contributed by atoms with Crippen molar-refractivity contribution < 1.29 is 38.2 Å². The number of rotatable bonds is 50. The number of carboxylic acid groups (broad SMARTS) is 1. The summed E-state index contributed by atoms with van der Waals surface area (Å²) in [6.07, 6.45) is 62.7. The zero-order chi connectivity index (χ0) is 49.2. The fourth-order valence-electron chi connectivity index (χ4n) is 8.14.